The fraction of sp³-hybridized carbons (Fsp3) is 0.556. The minimum absolute atomic E-state index is 0.000487. The topological polar surface area (TPSA) is 94.1 Å². The summed E-state index contributed by atoms with van der Waals surface area (Å²) in [6.07, 6.45) is -0.804. The summed E-state index contributed by atoms with van der Waals surface area (Å²) in [7, 11) is 0. The second-order valence-electron chi connectivity index (χ2n) is 6.36. The van der Waals surface area contributed by atoms with Gasteiger partial charge in [0.1, 0.15) is 18.5 Å². The fourth-order valence-electron chi connectivity index (χ4n) is 2.39. The minimum atomic E-state index is -0.693. The van der Waals surface area contributed by atoms with E-state index in [0.717, 1.165) is 0 Å². The van der Waals surface area contributed by atoms with Crippen molar-refractivity contribution in [3.8, 4) is 5.75 Å². The Bertz CT molecular complexity index is 586. The SMILES string of the molecule is CC(=O)Nc1ccc(O[C@@H]2CC[C@H](O)C(COC(=O)C(C)C)O2)cc1. The van der Waals surface area contributed by atoms with Crippen LogP contribution in [0.25, 0.3) is 0 Å². The predicted octanol–water partition coefficient (Wildman–Crippen LogP) is 2.09. The van der Waals surface area contributed by atoms with Crippen LogP contribution in [-0.2, 0) is 19.1 Å². The third-order valence-corrected chi connectivity index (χ3v) is 3.76. The molecule has 0 bridgehead atoms. The summed E-state index contributed by atoms with van der Waals surface area (Å²) in [4.78, 5) is 22.6. The lowest BCUT2D eigenvalue weighted by Gasteiger charge is -2.33. The first-order valence-corrected chi connectivity index (χ1v) is 8.39. The Labute approximate surface area is 147 Å². The highest BCUT2D eigenvalue weighted by atomic mass is 16.7. The summed E-state index contributed by atoms with van der Waals surface area (Å²) in [6.45, 7) is 4.94. The van der Waals surface area contributed by atoms with Gasteiger partial charge in [-0.05, 0) is 30.7 Å². The zero-order chi connectivity index (χ0) is 18.4. The molecule has 1 fully saturated rings. The number of esters is 1. The van der Waals surface area contributed by atoms with Crippen LogP contribution in [-0.4, -0.2) is 42.1 Å². The minimum Gasteiger partial charge on any atom is -0.465 e. The van der Waals surface area contributed by atoms with E-state index in [0.29, 0.717) is 24.3 Å². The van der Waals surface area contributed by atoms with Crippen molar-refractivity contribution in [2.24, 2.45) is 5.92 Å². The van der Waals surface area contributed by atoms with Crippen molar-refractivity contribution in [2.75, 3.05) is 11.9 Å². The zero-order valence-electron chi connectivity index (χ0n) is 14.7. The monoisotopic (exact) mass is 351 g/mol. The van der Waals surface area contributed by atoms with Crippen molar-refractivity contribution in [1.29, 1.82) is 0 Å². The van der Waals surface area contributed by atoms with Crippen molar-refractivity contribution in [1.82, 2.24) is 0 Å². The van der Waals surface area contributed by atoms with E-state index >= 15 is 0 Å². The second-order valence-corrected chi connectivity index (χ2v) is 6.36. The number of aliphatic hydroxyl groups excluding tert-OH is 1. The summed E-state index contributed by atoms with van der Waals surface area (Å²) in [6, 6.07) is 6.92. The van der Waals surface area contributed by atoms with Gasteiger partial charge in [-0.15, -0.1) is 0 Å². The van der Waals surface area contributed by atoms with E-state index < -0.39 is 18.5 Å². The highest BCUT2D eigenvalue weighted by Gasteiger charge is 2.32. The van der Waals surface area contributed by atoms with Gasteiger partial charge in [0.2, 0.25) is 5.91 Å². The number of carbonyl (C=O) groups is 2. The Hall–Kier alpha value is -2.12. The molecule has 25 heavy (non-hydrogen) atoms. The molecule has 3 atom stereocenters. The number of ether oxygens (including phenoxy) is 3. The molecule has 7 heteroatoms. The molecule has 1 amide bonds. The van der Waals surface area contributed by atoms with Gasteiger partial charge in [0.25, 0.3) is 0 Å². The molecule has 0 aliphatic carbocycles. The molecular weight excluding hydrogens is 326 g/mol. The Morgan fingerprint density at radius 2 is 1.96 bits per heavy atom. The number of benzene rings is 1. The lowest BCUT2D eigenvalue weighted by Crippen LogP contribution is -2.44. The van der Waals surface area contributed by atoms with E-state index in [2.05, 4.69) is 5.32 Å². The fourth-order valence-corrected chi connectivity index (χ4v) is 2.39. The highest BCUT2D eigenvalue weighted by Crippen LogP contribution is 2.24. The maximum atomic E-state index is 11.6. The summed E-state index contributed by atoms with van der Waals surface area (Å²) in [5.41, 5.74) is 0.679. The van der Waals surface area contributed by atoms with Gasteiger partial charge in [0.05, 0.1) is 12.0 Å². The molecule has 7 nitrogen and oxygen atoms in total. The number of hydrogen-bond donors (Lipinski definition) is 2. The van der Waals surface area contributed by atoms with Gasteiger partial charge in [-0.25, -0.2) is 0 Å². The normalized spacial score (nSPS) is 23.2. The third-order valence-electron chi connectivity index (χ3n) is 3.76. The van der Waals surface area contributed by atoms with Crippen LogP contribution < -0.4 is 10.1 Å². The maximum absolute atomic E-state index is 11.6. The lowest BCUT2D eigenvalue weighted by atomic mass is 10.1. The average Bonchev–Trinajstić information content (AvgIpc) is 2.56. The smallest absolute Gasteiger partial charge is 0.308 e. The summed E-state index contributed by atoms with van der Waals surface area (Å²) >= 11 is 0. The molecular formula is C18H25NO6. The molecule has 1 aliphatic heterocycles. The van der Waals surface area contributed by atoms with Crippen molar-refractivity contribution in [2.45, 2.75) is 52.1 Å². The van der Waals surface area contributed by atoms with Crippen LogP contribution in [0.5, 0.6) is 5.75 Å². The zero-order valence-corrected chi connectivity index (χ0v) is 14.7. The van der Waals surface area contributed by atoms with Gasteiger partial charge < -0.3 is 24.6 Å². The molecule has 1 aromatic rings. The molecule has 0 saturated carbocycles. The third kappa shape index (κ3) is 6.03. The first-order chi connectivity index (χ1) is 11.8. The largest absolute Gasteiger partial charge is 0.465 e. The Balaban J connectivity index is 1.87. The number of nitrogens with one attached hydrogen (secondary N) is 1. The van der Waals surface area contributed by atoms with Crippen LogP contribution in [0.15, 0.2) is 24.3 Å². The van der Waals surface area contributed by atoms with Gasteiger partial charge >= 0.3 is 5.97 Å². The molecule has 0 radical (unpaired) electrons. The number of rotatable bonds is 6. The van der Waals surface area contributed by atoms with Gasteiger partial charge in [-0.3, -0.25) is 9.59 Å². The number of anilines is 1. The number of aliphatic hydroxyl groups is 1. The van der Waals surface area contributed by atoms with E-state index in [-0.39, 0.29) is 24.4 Å². The molecule has 1 aromatic carbocycles. The first-order valence-electron chi connectivity index (χ1n) is 8.39. The maximum Gasteiger partial charge on any atom is 0.308 e. The van der Waals surface area contributed by atoms with Crippen LogP contribution in [0.3, 0.4) is 0 Å². The van der Waals surface area contributed by atoms with Gasteiger partial charge in [0, 0.05) is 19.0 Å². The van der Waals surface area contributed by atoms with E-state index in [1.54, 1.807) is 38.1 Å². The first kappa shape index (κ1) is 19.2. The standard InChI is InChI=1S/C18H25NO6/c1-11(2)18(22)23-10-16-15(21)8-9-17(25-16)24-14-6-4-13(5-7-14)19-12(3)20/h4-7,11,15-17,21H,8-10H2,1-3H3,(H,19,20)/t15-,16?,17-/m0/s1. The highest BCUT2D eigenvalue weighted by molar-refractivity contribution is 5.88. The molecule has 0 aromatic heterocycles. The van der Waals surface area contributed by atoms with Crippen LogP contribution in [0.2, 0.25) is 0 Å². The van der Waals surface area contributed by atoms with Gasteiger partial charge in [-0.2, -0.15) is 0 Å². The number of amides is 1. The predicted molar refractivity (Wildman–Crippen MR) is 91.1 cm³/mol. The Morgan fingerprint density at radius 1 is 1.28 bits per heavy atom. The van der Waals surface area contributed by atoms with E-state index in [1.807, 2.05) is 0 Å². The molecule has 1 heterocycles. The van der Waals surface area contributed by atoms with Crippen molar-refractivity contribution < 1.29 is 28.9 Å². The van der Waals surface area contributed by atoms with Gasteiger partial charge in [-0.1, -0.05) is 13.8 Å². The molecule has 0 spiro atoms. The van der Waals surface area contributed by atoms with E-state index in [4.69, 9.17) is 14.2 Å². The summed E-state index contributed by atoms with van der Waals surface area (Å²) in [5.74, 6) is -0.104. The van der Waals surface area contributed by atoms with Crippen LogP contribution in [0, 0.1) is 5.92 Å². The summed E-state index contributed by atoms with van der Waals surface area (Å²) < 4.78 is 16.6. The number of hydrogen-bond acceptors (Lipinski definition) is 6. The molecule has 2 N–H and O–H groups in total. The van der Waals surface area contributed by atoms with Crippen LogP contribution >= 0.6 is 0 Å². The Kier molecular flexibility index (Phi) is 6.78. The average molecular weight is 351 g/mol. The van der Waals surface area contributed by atoms with E-state index in [9.17, 15) is 14.7 Å². The molecule has 138 valence electrons. The quantitative estimate of drug-likeness (QED) is 0.762. The van der Waals surface area contributed by atoms with Crippen LogP contribution in [0.4, 0.5) is 5.69 Å². The Morgan fingerprint density at radius 3 is 2.56 bits per heavy atom. The van der Waals surface area contributed by atoms with Crippen molar-refractivity contribution in [3.63, 3.8) is 0 Å². The molecule has 2 rings (SSSR count). The molecule has 1 aliphatic rings. The van der Waals surface area contributed by atoms with Gasteiger partial charge in [0.15, 0.2) is 6.29 Å². The number of carbonyl (C=O) groups excluding carboxylic acids is 2. The van der Waals surface area contributed by atoms with Crippen molar-refractivity contribution in [3.05, 3.63) is 24.3 Å². The second kappa shape index (κ2) is 8.82. The summed E-state index contributed by atoms with van der Waals surface area (Å²) in [5, 5.41) is 12.7. The van der Waals surface area contributed by atoms with Crippen molar-refractivity contribution >= 4 is 17.6 Å². The van der Waals surface area contributed by atoms with Crippen LogP contribution in [0.1, 0.15) is 33.6 Å². The molecule has 1 unspecified atom stereocenters. The molecule has 1 saturated heterocycles. The van der Waals surface area contributed by atoms with E-state index in [1.165, 1.54) is 6.92 Å². The lowest BCUT2D eigenvalue weighted by molar-refractivity contribution is -0.204.